The molecule has 0 spiro atoms. The van der Waals surface area contributed by atoms with Crippen molar-refractivity contribution in [2.75, 3.05) is 13.1 Å². The van der Waals surface area contributed by atoms with Gasteiger partial charge in [0.05, 0.1) is 6.10 Å². The maximum absolute atomic E-state index is 11.0. The van der Waals surface area contributed by atoms with Crippen LogP contribution in [0.3, 0.4) is 0 Å². The molecular formula is C10H19NO3. The predicted molar refractivity (Wildman–Crippen MR) is 53.1 cm³/mol. The van der Waals surface area contributed by atoms with Crippen molar-refractivity contribution in [2.24, 2.45) is 0 Å². The van der Waals surface area contributed by atoms with Gasteiger partial charge in [-0.15, -0.1) is 0 Å². The SMILES string of the molecule is CC(O)C(C(=O)O)N1CCCCCC1. The van der Waals surface area contributed by atoms with E-state index in [-0.39, 0.29) is 0 Å². The van der Waals surface area contributed by atoms with Crippen molar-refractivity contribution in [1.82, 2.24) is 4.90 Å². The number of carboxylic acids is 1. The molecular weight excluding hydrogens is 182 g/mol. The molecule has 1 heterocycles. The van der Waals surface area contributed by atoms with Gasteiger partial charge in [-0.3, -0.25) is 9.69 Å². The second-order valence-corrected chi connectivity index (χ2v) is 3.97. The van der Waals surface area contributed by atoms with Crippen LogP contribution in [0.4, 0.5) is 0 Å². The van der Waals surface area contributed by atoms with Crippen LogP contribution in [0.5, 0.6) is 0 Å². The monoisotopic (exact) mass is 201 g/mol. The molecule has 1 fully saturated rings. The number of hydrogen-bond acceptors (Lipinski definition) is 3. The number of carbonyl (C=O) groups is 1. The summed E-state index contributed by atoms with van der Waals surface area (Å²) in [7, 11) is 0. The fourth-order valence-electron chi connectivity index (χ4n) is 2.04. The van der Waals surface area contributed by atoms with E-state index in [0.717, 1.165) is 25.9 Å². The lowest BCUT2D eigenvalue weighted by atomic mass is 10.1. The molecule has 1 aliphatic rings. The molecule has 0 aromatic heterocycles. The molecule has 1 rings (SSSR count). The minimum absolute atomic E-state index is 0.729. The third-order valence-corrected chi connectivity index (χ3v) is 2.74. The zero-order valence-corrected chi connectivity index (χ0v) is 8.65. The molecule has 0 bridgehead atoms. The zero-order chi connectivity index (χ0) is 10.6. The van der Waals surface area contributed by atoms with E-state index in [2.05, 4.69) is 0 Å². The van der Waals surface area contributed by atoms with Gasteiger partial charge in [0, 0.05) is 0 Å². The lowest BCUT2D eigenvalue weighted by molar-refractivity contribution is -0.147. The molecule has 0 aliphatic carbocycles. The van der Waals surface area contributed by atoms with E-state index in [1.807, 2.05) is 4.90 Å². The summed E-state index contributed by atoms with van der Waals surface area (Å²) in [6, 6.07) is -0.729. The summed E-state index contributed by atoms with van der Waals surface area (Å²) in [5.41, 5.74) is 0. The summed E-state index contributed by atoms with van der Waals surface area (Å²) in [5.74, 6) is -0.915. The second kappa shape index (κ2) is 5.32. The van der Waals surface area contributed by atoms with Crippen molar-refractivity contribution >= 4 is 5.97 Å². The summed E-state index contributed by atoms with van der Waals surface area (Å²) in [6.45, 7) is 3.13. The van der Waals surface area contributed by atoms with Crippen LogP contribution in [0.2, 0.25) is 0 Å². The lowest BCUT2D eigenvalue weighted by Crippen LogP contribution is -2.48. The van der Waals surface area contributed by atoms with Crippen LogP contribution in [0.15, 0.2) is 0 Å². The Morgan fingerprint density at radius 2 is 1.71 bits per heavy atom. The van der Waals surface area contributed by atoms with Gasteiger partial charge in [0.15, 0.2) is 0 Å². The Morgan fingerprint density at radius 1 is 1.21 bits per heavy atom. The number of hydrogen-bond donors (Lipinski definition) is 2. The van der Waals surface area contributed by atoms with Crippen molar-refractivity contribution < 1.29 is 15.0 Å². The van der Waals surface area contributed by atoms with Crippen molar-refractivity contribution in [2.45, 2.75) is 44.8 Å². The summed E-state index contributed by atoms with van der Waals surface area (Å²) >= 11 is 0. The van der Waals surface area contributed by atoms with E-state index in [1.54, 1.807) is 6.92 Å². The van der Waals surface area contributed by atoms with E-state index in [4.69, 9.17) is 5.11 Å². The first-order valence-electron chi connectivity index (χ1n) is 5.28. The molecule has 14 heavy (non-hydrogen) atoms. The Labute approximate surface area is 84.5 Å². The summed E-state index contributed by atoms with van der Waals surface area (Å²) in [5, 5.41) is 18.4. The molecule has 0 amide bonds. The highest BCUT2D eigenvalue weighted by Crippen LogP contribution is 2.14. The molecule has 2 N–H and O–H groups in total. The standard InChI is InChI=1S/C10H19NO3/c1-8(12)9(10(13)14)11-6-4-2-3-5-7-11/h8-9,12H,2-7H2,1H3,(H,13,14). The molecule has 0 aromatic carbocycles. The molecule has 2 unspecified atom stereocenters. The van der Waals surface area contributed by atoms with E-state index in [9.17, 15) is 9.90 Å². The molecule has 1 aliphatic heterocycles. The highest BCUT2D eigenvalue weighted by molar-refractivity contribution is 5.74. The van der Waals surface area contributed by atoms with Crippen LogP contribution < -0.4 is 0 Å². The third kappa shape index (κ3) is 2.96. The van der Waals surface area contributed by atoms with Gasteiger partial charge in [0.25, 0.3) is 0 Å². The number of aliphatic hydroxyl groups is 1. The fraction of sp³-hybridized carbons (Fsp3) is 0.900. The van der Waals surface area contributed by atoms with E-state index in [0.29, 0.717) is 0 Å². The van der Waals surface area contributed by atoms with Gasteiger partial charge >= 0.3 is 5.97 Å². The first-order chi connectivity index (χ1) is 6.63. The molecule has 2 atom stereocenters. The average Bonchev–Trinajstić information content (AvgIpc) is 2.31. The molecule has 0 saturated carbocycles. The summed E-state index contributed by atoms with van der Waals surface area (Å²) in [6.07, 6.45) is 3.61. The van der Waals surface area contributed by atoms with Gasteiger partial charge in [-0.05, 0) is 32.9 Å². The molecule has 0 aromatic rings. The first kappa shape index (κ1) is 11.5. The Morgan fingerprint density at radius 3 is 2.07 bits per heavy atom. The van der Waals surface area contributed by atoms with Crippen LogP contribution in [0, 0.1) is 0 Å². The summed E-state index contributed by atoms with van der Waals surface area (Å²) < 4.78 is 0. The van der Waals surface area contributed by atoms with Crippen LogP contribution in [-0.4, -0.2) is 46.3 Å². The Bertz CT molecular complexity index is 186. The topological polar surface area (TPSA) is 60.8 Å². The van der Waals surface area contributed by atoms with Crippen LogP contribution in [0.1, 0.15) is 32.6 Å². The van der Waals surface area contributed by atoms with Gasteiger partial charge in [0.2, 0.25) is 0 Å². The number of carboxylic acid groups (broad SMARTS) is 1. The van der Waals surface area contributed by atoms with E-state index < -0.39 is 18.1 Å². The largest absolute Gasteiger partial charge is 0.480 e. The predicted octanol–water partition coefficient (Wildman–Crippen LogP) is 0.696. The molecule has 4 nitrogen and oxygen atoms in total. The van der Waals surface area contributed by atoms with E-state index >= 15 is 0 Å². The maximum Gasteiger partial charge on any atom is 0.323 e. The van der Waals surface area contributed by atoms with Crippen molar-refractivity contribution in [3.63, 3.8) is 0 Å². The molecule has 1 saturated heterocycles. The minimum atomic E-state index is -0.915. The first-order valence-corrected chi connectivity index (χ1v) is 5.28. The van der Waals surface area contributed by atoms with Crippen LogP contribution >= 0.6 is 0 Å². The van der Waals surface area contributed by atoms with Crippen molar-refractivity contribution in [3.8, 4) is 0 Å². The smallest absolute Gasteiger partial charge is 0.323 e. The van der Waals surface area contributed by atoms with Crippen molar-refractivity contribution in [1.29, 1.82) is 0 Å². The van der Waals surface area contributed by atoms with Gasteiger partial charge in [0.1, 0.15) is 6.04 Å². The normalized spacial score (nSPS) is 23.9. The molecule has 4 heteroatoms. The minimum Gasteiger partial charge on any atom is -0.480 e. The number of nitrogens with zero attached hydrogens (tertiary/aromatic N) is 1. The van der Waals surface area contributed by atoms with Crippen LogP contribution in [0.25, 0.3) is 0 Å². The third-order valence-electron chi connectivity index (χ3n) is 2.74. The van der Waals surface area contributed by atoms with E-state index in [1.165, 1.54) is 12.8 Å². The van der Waals surface area contributed by atoms with Crippen molar-refractivity contribution in [3.05, 3.63) is 0 Å². The highest BCUT2D eigenvalue weighted by atomic mass is 16.4. The Balaban J connectivity index is 2.60. The Hall–Kier alpha value is -0.610. The Kier molecular flexibility index (Phi) is 4.35. The van der Waals surface area contributed by atoms with Gasteiger partial charge in [-0.25, -0.2) is 0 Å². The lowest BCUT2D eigenvalue weighted by Gasteiger charge is -2.29. The second-order valence-electron chi connectivity index (χ2n) is 3.97. The summed E-state index contributed by atoms with van der Waals surface area (Å²) in [4.78, 5) is 12.8. The number of aliphatic hydroxyl groups excluding tert-OH is 1. The number of likely N-dealkylation sites (tertiary alicyclic amines) is 1. The highest BCUT2D eigenvalue weighted by Gasteiger charge is 2.29. The van der Waals surface area contributed by atoms with Crippen LogP contribution in [-0.2, 0) is 4.79 Å². The number of rotatable bonds is 3. The zero-order valence-electron chi connectivity index (χ0n) is 8.65. The molecule has 82 valence electrons. The van der Waals surface area contributed by atoms with Gasteiger partial charge < -0.3 is 10.2 Å². The van der Waals surface area contributed by atoms with Gasteiger partial charge in [-0.2, -0.15) is 0 Å². The average molecular weight is 201 g/mol. The maximum atomic E-state index is 11.0. The molecule has 0 radical (unpaired) electrons. The quantitative estimate of drug-likeness (QED) is 0.705. The van der Waals surface area contributed by atoms with Gasteiger partial charge in [-0.1, -0.05) is 12.8 Å². The number of aliphatic carboxylic acids is 1. The fourth-order valence-corrected chi connectivity index (χ4v) is 2.04.